The number of aliphatic hydroxyl groups excluding tert-OH is 2. The van der Waals surface area contributed by atoms with Gasteiger partial charge in [0.25, 0.3) is 0 Å². The van der Waals surface area contributed by atoms with Crippen molar-refractivity contribution in [1.82, 2.24) is 10.2 Å². The number of rotatable bonds is 13. The molecule has 1 fully saturated rings. The molecule has 8 heteroatoms. The number of nitrogens with zero attached hydrogens (tertiary/aromatic N) is 1. The first-order valence-electron chi connectivity index (χ1n) is 16.0. The summed E-state index contributed by atoms with van der Waals surface area (Å²) < 4.78 is 18.3. The number of hydrogen-bond donors (Lipinski definition) is 3. The number of hydrogen-bond acceptors (Lipinski definition) is 7. The fourth-order valence-electron chi connectivity index (χ4n) is 5.78. The Labute approximate surface area is 277 Å². The highest BCUT2D eigenvalue weighted by Crippen LogP contribution is 2.39. The summed E-state index contributed by atoms with van der Waals surface area (Å²) in [4.78, 5) is 14.0. The number of benzene rings is 4. The van der Waals surface area contributed by atoms with Gasteiger partial charge >= 0.3 is 6.09 Å². The highest BCUT2D eigenvalue weighted by molar-refractivity contribution is 5.68. The minimum atomic E-state index is -0.640. The molecule has 1 aliphatic rings. The number of alkyl carbamates (subject to hydrolysis) is 1. The zero-order valence-electron chi connectivity index (χ0n) is 27.0. The van der Waals surface area contributed by atoms with Gasteiger partial charge in [0.1, 0.15) is 6.61 Å². The SMILES string of the molecule is C=CCOC(=O)NCc1cccc(-c2cccc([C@@H]3O[C@H](CN(C)[C@H](C)[C@@H](O)c4ccccc4)C[C@H](c4ccc(CO)cc4)O3)c2)c1. The highest BCUT2D eigenvalue weighted by Gasteiger charge is 2.34. The van der Waals surface area contributed by atoms with Crippen molar-refractivity contribution < 1.29 is 29.2 Å². The molecular formula is C39H44N2O6. The van der Waals surface area contributed by atoms with Gasteiger partial charge in [-0.15, -0.1) is 0 Å². The minimum absolute atomic E-state index is 0.0178. The van der Waals surface area contributed by atoms with Crippen LogP contribution in [0.15, 0.2) is 116 Å². The molecule has 1 amide bonds. The molecule has 0 radical (unpaired) electrons. The van der Waals surface area contributed by atoms with Gasteiger partial charge < -0.3 is 29.7 Å². The third kappa shape index (κ3) is 9.16. The third-order valence-electron chi connectivity index (χ3n) is 8.59. The van der Waals surface area contributed by atoms with E-state index in [0.29, 0.717) is 19.5 Å². The van der Waals surface area contributed by atoms with E-state index in [9.17, 15) is 15.0 Å². The average molecular weight is 637 g/mol. The van der Waals surface area contributed by atoms with Crippen LogP contribution in [0.25, 0.3) is 11.1 Å². The summed E-state index contributed by atoms with van der Waals surface area (Å²) in [5.41, 5.74) is 6.56. The lowest BCUT2D eigenvalue weighted by Gasteiger charge is -2.39. The molecule has 0 saturated carbocycles. The van der Waals surface area contributed by atoms with Gasteiger partial charge in [-0.3, -0.25) is 4.90 Å². The molecule has 8 nitrogen and oxygen atoms in total. The number of carbonyl (C=O) groups excluding carboxylic acids is 1. The van der Waals surface area contributed by atoms with Crippen molar-refractivity contribution in [2.24, 2.45) is 0 Å². The number of amides is 1. The summed E-state index contributed by atoms with van der Waals surface area (Å²) >= 11 is 0. The molecule has 246 valence electrons. The first-order valence-corrected chi connectivity index (χ1v) is 16.0. The van der Waals surface area contributed by atoms with Crippen molar-refractivity contribution >= 4 is 6.09 Å². The van der Waals surface area contributed by atoms with E-state index < -0.39 is 18.5 Å². The fraction of sp³-hybridized carbons (Fsp3) is 0.308. The van der Waals surface area contributed by atoms with Crippen LogP contribution in [0.5, 0.6) is 0 Å². The van der Waals surface area contributed by atoms with Crippen molar-refractivity contribution in [3.8, 4) is 11.1 Å². The quantitative estimate of drug-likeness (QED) is 0.138. The molecule has 4 aromatic carbocycles. The molecule has 5 rings (SSSR count). The molecule has 4 aromatic rings. The second-order valence-electron chi connectivity index (χ2n) is 12.0. The van der Waals surface area contributed by atoms with E-state index in [0.717, 1.165) is 38.9 Å². The van der Waals surface area contributed by atoms with Gasteiger partial charge in [-0.05, 0) is 59.5 Å². The van der Waals surface area contributed by atoms with E-state index in [4.69, 9.17) is 14.2 Å². The maximum absolute atomic E-state index is 11.9. The molecule has 5 atom stereocenters. The van der Waals surface area contributed by atoms with Crippen LogP contribution in [0.1, 0.15) is 59.7 Å². The number of likely N-dealkylation sites (N-methyl/N-ethyl adjacent to an activating group) is 1. The maximum atomic E-state index is 11.9. The summed E-state index contributed by atoms with van der Waals surface area (Å²) in [5.74, 6) is 0. The Kier molecular flexibility index (Phi) is 11.9. The second kappa shape index (κ2) is 16.5. The fourth-order valence-corrected chi connectivity index (χ4v) is 5.78. The van der Waals surface area contributed by atoms with Crippen molar-refractivity contribution in [3.63, 3.8) is 0 Å². The molecule has 0 bridgehead atoms. The predicted molar refractivity (Wildman–Crippen MR) is 182 cm³/mol. The summed E-state index contributed by atoms with van der Waals surface area (Å²) in [5, 5.41) is 23.4. The molecule has 47 heavy (non-hydrogen) atoms. The Hall–Kier alpha value is -4.31. The molecule has 3 N–H and O–H groups in total. The van der Waals surface area contributed by atoms with Crippen LogP contribution in [0, 0.1) is 0 Å². The van der Waals surface area contributed by atoms with E-state index in [1.807, 2.05) is 111 Å². The third-order valence-corrected chi connectivity index (χ3v) is 8.59. The Morgan fingerprint density at radius 2 is 1.68 bits per heavy atom. The first-order chi connectivity index (χ1) is 22.8. The van der Waals surface area contributed by atoms with Crippen molar-refractivity contribution in [1.29, 1.82) is 0 Å². The van der Waals surface area contributed by atoms with Gasteiger partial charge in [0.2, 0.25) is 0 Å². The van der Waals surface area contributed by atoms with Crippen molar-refractivity contribution in [3.05, 3.63) is 144 Å². The van der Waals surface area contributed by atoms with Gasteiger partial charge in [-0.1, -0.05) is 104 Å². The largest absolute Gasteiger partial charge is 0.445 e. The Bertz CT molecular complexity index is 1590. The van der Waals surface area contributed by atoms with E-state index in [-0.39, 0.29) is 31.5 Å². The highest BCUT2D eigenvalue weighted by atomic mass is 16.7. The lowest BCUT2D eigenvalue weighted by atomic mass is 9.97. The molecule has 0 aliphatic carbocycles. The van der Waals surface area contributed by atoms with Crippen LogP contribution in [0.3, 0.4) is 0 Å². The van der Waals surface area contributed by atoms with Crippen LogP contribution in [0.4, 0.5) is 4.79 Å². The maximum Gasteiger partial charge on any atom is 0.407 e. The van der Waals surface area contributed by atoms with Gasteiger partial charge in [0, 0.05) is 31.1 Å². The standard InChI is InChI=1S/C39H44N2O6/c1-4-20-45-39(44)40-24-29-10-8-13-32(21-29)33-14-9-15-34(22-33)38-46-35(23-36(47-38)30-18-16-28(26-42)17-19-30)25-41(3)27(2)37(43)31-11-6-5-7-12-31/h4-19,21-22,27,35-38,42-43H,1,20,23-26H2,2-3H3,(H,40,44)/t27-,35+,36-,37-,38-/m1/s1. The minimum Gasteiger partial charge on any atom is -0.445 e. The van der Waals surface area contributed by atoms with Gasteiger partial charge in [0.15, 0.2) is 6.29 Å². The number of nitrogens with one attached hydrogen (secondary N) is 1. The Morgan fingerprint density at radius 3 is 2.40 bits per heavy atom. The predicted octanol–water partition coefficient (Wildman–Crippen LogP) is 6.86. The molecule has 1 saturated heterocycles. The smallest absolute Gasteiger partial charge is 0.407 e. The van der Waals surface area contributed by atoms with E-state index in [2.05, 4.69) is 22.9 Å². The van der Waals surface area contributed by atoms with Crippen LogP contribution >= 0.6 is 0 Å². The van der Waals surface area contributed by atoms with Crippen LogP contribution in [-0.2, 0) is 27.4 Å². The van der Waals surface area contributed by atoms with E-state index in [1.54, 1.807) is 0 Å². The molecule has 0 aromatic heterocycles. The lowest BCUT2D eigenvalue weighted by Crippen LogP contribution is -2.43. The van der Waals surface area contributed by atoms with E-state index in [1.165, 1.54) is 6.08 Å². The molecule has 0 unspecified atom stereocenters. The van der Waals surface area contributed by atoms with Gasteiger partial charge in [0.05, 0.1) is 24.9 Å². The molecule has 1 aliphatic heterocycles. The average Bonchev–Trinajstić information content (AvgIpc) is 3.12. The second-order valence-corrected chi connectivity index (χ2v) is 12.0. The monoisotopic (exact) mass is 636 g/mol. The van der Waals surface area contributed by atoms with Crippen LogP contribution < -0.4 is 5.32 Å². The number of aliphatic hydroxyl groups is 2. The lowest BCUT2D eigenvalue weighted by molar-refractivity contribution is -0.253. The van der Waals surface area contributed by atoms with E-state index >= 15 is 0 Å². The Morgan fingerprint density at radius 1 is 0.957 bits per heavy atom. The molecular weight excluding hydrogens is 592 g/mol. The number of carbonyl (C=O) groups is 1. The zero-order chi connectivity index (χ0) is 33.2. The number of ether oxygens (including phenoxy) is 3. The Balaban J connectivity index is 1.35. The van der Waals surface area contributed by atoms with Crippen LogP contribution in [0.2, 0.25) is 0 Å². The summed E-state index contributed by atoms with van der Waals surface area (Å²) in [6, 6.07) is 33.5. The van der Waals surface area contributed by atoms with Crippen molar-refractivity contribution in [2.45, 2.75) is 57.1 Å². The topological polar surface area (TPSA) is 100 Å². The van der Waals surface area contributed by atoms with Gasteiger partial charge in [-0.25, -0.2) is 4.79 Å². The van der Waals surface area contributed by atoms with Crippen molar-refractivity contribution in [2.75, 3.05) is 20.2 Å². The zero-order valence-corrected chi connectivity index (χ0v) is 27.0. The summed E-state index contributed by atoms with van der Waals surface area (Å²) in [6.45, 7) is 6.66. The summed E-state index contributed by atoms with van der Waals surface area (Å²) in [6.07, 6.45) is 0.00609. The molecule has 0 spiro atoms. The molecule has 1 heterocycles. The van der Waals surface area contributed by atoms with Gasteiger partial charge in [-0.2, -0.15) is 0 Å². The normalized spacial score (nSPS) is 19.1. The first kappa shape index (κ1) is 34.0. The van der Waals surface area contributed by atoms with Crippen LogP contribution in [-0.4, -0.2) is 53.6 Å². The summed E-state index contributed by atoms with van der Waals surface area (Å²) in [7, 11) is 2.01.